The molecule has 0 aliphatic carbocycles. The first-order valence-electron chi connectivity index (χ1n) is 15.5. The maximum atomic E-state index is 2.88. The van der Waals surface area contributed by atoms with Crippen LogP contribution >= 0.6 is 0 Å². The van der Waals surface area contributed by atoms with Gasteiger partial charge in [-0.05, 0) is 0 Å². The van der Waals surface area contributed by atoms with E-state index in [2.05, 4.69) is 157 Å². The molecule has 0 aromatic carbocycles. The second kappa shape index (κ2) is 11.6. The van der Waals surface area contributed by atoms with Gasteiger partial charge in [0.1, 0.15) is 0 Å². The SMILES string of the molecule is C[Si](C)(C)[CH]([Si](C)(C)C)[Zr]([CH]([Si](C)(C)C)[Si](C)(C)C)([CH]([Si](C)(C)C)[Si](C)(C)C)[CH]([Si](C)(C)C)[Si](C)(C)C. The first-order valence-corrected chi connectivity index (χ1v) is 49.8. The molecule has 0 spiro atoms. The molecule has 0 saturated carbocycles. The zero-order chi connectivity index (χ0) is 30.8. The summed E-state index contributed by atoms with van der Waals surface area (Å²) in [6.07, 6.45) is 0. The molecule has 0 fully saturated rings. The summed E-state index contributed by atoms with van der Waals surface area (Å²) in [5.74, 6) is 0. The minimum atomic E-state index is -3.15. The van der Waals surface area contributed by atoms with Crippen LogP contribution in [0.25, 0.3) is 0 Å². The molecule has 0 atom stereocenters. The average Bonchev–Trinajstić information content (AvgIpc) is 2.30. The number of hydrogen-bond acceptors (Lipinski definition) is 0. The second-order valence-electron chi connectivity index (χ2n) is 21.7. The summed E-state index contributed by atoms with van der Waals surface area (Å²) in [6.45, 7) is 69.1. The normalized spacial score (nSPS) is 16.5. The van der Waals surface area contributed by atoms with Gasteiger partial charge in [0.25, 0.3) is 0 Å². The van der Waals surface area contributed by atoms with Crippen molar-refractivity contribution in [2.24, 2.45) is 0 Å². The first kappa shape index (κ1) is 39.6. The van der Waals surface area contributed by atoms with Crippen molar-refractivity contribution < 1.29 is 20.3 Å². The second-order valence-corrected chi connectivity index (χ2v) is 88.4. The summed E-state index contributed by atoms with van der Waals surface area (Å²) in [6, 6.07) is 0. The Kier molecular flexibility index (Phi) is 12.4. The third kappa shape index (κ3) is 9.30. The zero-order valence-electron chi connectivity index (χ0n) is 30.8. The Morgan fingerprint density at radius 2 is 0.297 bits per heavy atom. The van der Waals surface area contributed by atoms with Crippen LogP contribution in [0.1, 0.15) is 0 Å². The summed E-state index contributed by atoms with van der Waals surface area (Å²) in [5.41, 5.74) is 0. The number of hydrogen-bond donors (Lipinski definition) is 0. The summed E-state index contributed by atoms with van der Waals surface area (Å²) in [5, 5.41) is 0. The molecule has 0 aliphatic rings. The first-order chi connectivity index (χ1) is 15.5. The maximum absolute atomic E-state index is 3.15. The van der Waals surface area contributed by atoms with Crippen LogP contribution in [0.15, 0.2) is 0 Å². The summed E-state index contributed by atoms with van der Waals surface area (Å²) < 4.78 is 4.79. The van der Waals surface area contributed by atoms with Gasteiger partial charge in [0.05, 0.1) is 0 Å². The number of rotatable bonds is 12. The molecule has 0 aromatic rings. The van der Waals surface area contributed by atoms with E-state index in [1.54, 1.807) is 0 Å². The van der Waals surface area contributed by atoms with Crippen molar-refractivity contribution in [1.29, 1.82) is 0 Å². The fraction of sp³-hybridized carbons (Fsp3) is 1.00. The molecule has 37 heavy (non-hydrogen) atoms. The van der Waals surface area contributed by atoms with Crippen LogP contribution in [-0.2, 0) is 20.3 Å². The van der Waals surface area contributed by atoms with E-state index >= 15 is 0 Å². The molecule has 0 N–H and O–H groups in total. The Balaban J connectivity index is 9.26. The molecule has 0 aromatic heterocycles. The Bertz CT molecular complexity index is 564. The van der Waals surface area contributed by atoms with Gasteiger partial charge in [0.15, 0.2) is 0 Å². The van der Waals surface area contributed by atoms with E-state index in [4.69, 9.17) is 0 Å². The average molecular weight is 729 g/mol. The third-order valence-corrected chi connectivity index (χ3v) is 128. The molecular formula is C28H76Si8Zr. The van der Waals surface area contributed by atoms with Crippen LogP contribution in [-0.4, -0.2) is 64.6 Å². The van der Waals surface area contributed by atoms with Gasteiger partial charge in [-0.2, -0.15) is 0 Å². The quantitative estimate of drug-likeness (QED) is 0.176. The van der Waals surface area contributed by atoms with E-state index in [1.807, 2.05) is 0 Å². The van der Waals surface area contributed by atoms with Crippen molar-refractivity contribution in [3.8, 4) is 0 Å². The molecule has 224 valence electrons. The van der Waals surface area contributed by atoms with Gasteiger partial charge in [0.2, 0.25) is 0 Å². The fourth-order valence-corrected chi connectivity index (χ4v) is 206. The predicted octanol–water partition coefficient (Wildman–Crippen LogP) is 12.3. The van der Waals surface area contributed by atoms with Crippen molar-refractivity contribution in [3.05, 3.63) is 0 Å². The standard InChI is InChI=1S/4C7H19Si2.Zr/c4*1-8(2,3)7-9(4,5)6;/h4*7H,1-6H3;. The third-order valence-electron chi connectivity index (χ3n) is 8.93. The molecule has 0 saturated heterocycles. The van der Waals surface area contributed by atoms with E-state index in [0.717, 1.165) is 0 Å². The van der Waals surface area contributed by atoms with Crippen LogP contribution in [0, 0.1) is 0 Å². The van der Waals surface area contributed by atoms with Gasteiger partial charge >= 0.3 is 253 Å². The zero-order valence-corrected chi connectivity index (χ0v) is 41.3. The van der Waals surface area contributed by atoms with Gasteiger partial charge in [0, 0.05) is 0 Å². The molecular weight excluding hydrogens is 652 g/mol. The van der Waals surface area contributed by atoms with E-state index < -0.39 is 84.9 Å². The summed E-state index contributed by atoms with van der Waals surface area (Å²) >= 11 is -3.15. The topological polar surface area (TPSA) is 0 Å². The Morgan fingerprint density at radius 3 is 0.351 bits per heavy atom. The van der Waals surface area contributed by atoms with Crippen molar-refractivity contribution in [2.45, 2.75) is 169 Å². The van der Waals surface area contributed by atoms with Crippen molar-refractivity contribution in [3.63, 3.8) is 0 Å². The minimum absolute atomic E-state index is 1.20. The van der Waals surface area contributed by atoms with Gasteiger partial charge in [-0.3, -0.25) is 0 Å². The van der Waals surface area contributed by atoms with Crippen LogP contribution in [0.3, 0.4) is 0 Å². The monoisotopic (exact) mass is 726 g/mol. The van der Waals surface area contributed by atoms with Gasteiger partial charge in [-0.15, -0.1) is 0 Å². The molecule has 9 heteroatoms. The fourth-order valence-electron chi connectivity index (χ4n) is 12.2. The van der Waals surface area contributed by atoms with Crippen molar-refractivity contribution in [1.82, 2.24) is 0 Å². The van der Waals surface area contributed by atoms with Gasteiger partial charge < -0.3 is 0 Å². The van der Waals surface area contributed by atoms with E-state index in [0.29, 0.717) is 0 Å². The van der Waals surface area contributed by atoms with E-state index in [9.17, 15) is 0 Å². The van der Waals surface area contributed by atoms with Crippen LogP contribution in [0.2, 0.25) is 169 Å². The Morgan fingerprint density at radius 1 is 0.216 bits per heavy atom. The Labute approximate surface area is 251 Å². The van der Waals surface area contributed by atoms with Gasteiger partial charge in [-0.1, -0.05) is 0 Å². The van der Waals surface area contributed by atoms with Crippen molar-refractivity contribution >= 4 is 64.6 Å². The Hall–Kier alpha value is 2.62. The van der Waals surface area contributed by atoms with Crippen LogP contribution in [0.5, 0.6) is 0 Å². The summed E-state index contributed by atoms with van der Waals surface area (Å²) in [4.78, 5) is 0. The molecule has 0 unspecified atom stereocenters. The molecule has 0 rings (SSSR count). The van der Waals surface area contributed by atoms with E-state index in [-0.39, 0.29) is 0 Å². The van der Waals surface area contributed by atoms with E-state index in [1.165, 1.54) is 11.5 Å². The molecule has 0 bridgehead atoms. The molecule has 0 amide bonds. The molecule has 0 radical (unpaired) electrons. The van der Waals surface area contributed by atoms with Crippen molar-refractivity contribution in [2.75, 3.05) is 0 Å². The predicted molar refractivity (Wildman–Crippen MR) is 202 cm³/mol. The van der Waals surface area contributed by atoms with Gasteiger partial charge in [-0.25, -0.2) is 0 Å². The van der Waals surface area contributed by atoms with Crippen LogP contribution < -0.4 is 0 Å². The summed E-state index contributed by atoms with van der Waals surface area (Å²) in [7, 11) is -11.4. The van der Waals surface area contributed by atoms with Crippen LogP contribution in [0.4, 0.5) is 0 Å². The molecule has 0 nitrogen and oxygen atoms in total. The molecule has 0 aliphatic heterocycles. The molecule has 0 heterocycles.